The number of hydrogen-bond donors (Lipinski definition) is 0. The monoisotopic (exact) mass is 222 g/mol. The van der Waals surface area contributed by atoms with Crippen molar-refractivity contribution in [3.05, 3.63) is 12.2 Å². The van der Waals surface area contributed by atoms with Gasteiger partial charge in [-0.1, -0.05) is 26.0 Å². The number of Topliss-reactive ketones (excluding diaryl/α,β-unsaturated/α-hetero) is 1. The van der Waals surface area contributed by atoms with E-state index in [1.807, 2.05) is 26.8 Å². The number of fused-ring (bicyclic) bond motifs is 2. The summed E-state index contributed by atoms with van der Waals surface area (Å²) in [5.41, 5.74) is -1.03. The number of methoxy groups -OCH3 is 1. The molecule has 0 aromatic rings. The third-order valence-electron chi connectivity index (χ3n) is 4.38. The quantitative estimate of drug-likeness (QED) is 0.503. The molecule has 0 aromatic heterocycles. The van der Waals surface area contributed by atoms with Gasteiger partial charge in [0.25, 0.3) is 0 Å². The summed E-state index contributed by atoms with van der Waals surface area (Å²) in [5, 5.41) is 0. The van der Waals surface area contributed by atoms with Gasteiger partial charge in [0.15, 0.2) is 0 Å². The van der Waals surface area contributed by atoms with Crippen molar-refractivity contribution in [3.8, 4) is 0 Å². The molecule has 2 bridgehead atoms. The van der Waals surface area contributed by atoms with Crippen molar-refractivity contribution in [3.63, 3.8) is 0 Å². The first kappa shape index (κ1) is 11.4. The van der Waals surface area contributed by atoms with Gasteiger partial charge in [-0.2, -0.15) is 0 Å². The number of hydrogen-bond acceptors (Lipinski definition) is 3. The Balaban J connectivity index is 2.45. The molecule has 3 heteroatoms. The fourth-order valence-corrected chi connectivity index (χ4v) is 3.12. The summed E-state index contributed by atoms with van der Waals surface area (Å²) in [6.45, 7) is 5.79. The molecule has 0 radical (unpaired) electrons. The maximum Gasteiger partial charge on any atom is 0.310 e. The Kier molecular flexibility index (Phi) is 2.26. The highest BCUT2D eigenvalue weighted by Gasteiger charge is 2.59. The van der Waals surface area contributed by atoms with Crippen LogP contribution in [0.3, 0.4) is 0 Å². The second kappa shape index (κ2) is 3.19. The SMILES string of the molecule is COC(=O)[C@@H]1C[C@@H]2C=C[C@@]1(C)C(=O)C2(C)C. The van der Waals surface area contributed by atoms with E-state index in [1.54, 1.807) is 0 Å². The zero-order valence-electron chi connectivity index (χ0n) is 10.2. The molecule has 1 saturated carbocycles. The van der Waals surface area contributed by atoms with Crippen LogP contribution in [-0.4, -0.2) is 18.9 Å². The van der Waals surface area contributed by atoms with Crippen LogP contribution in [-0.2, 0) is 14.3 Å². The van der Waals surface area contributed by atoms with Crippen LogP contribution in [0, 0.1) is 22.7 Å². The highest BCUT2D eigenvalue weighted by molar-refractivity contribution is 5.98. The average molecular weight is 222 g/mol. The molecule has 3 aliphatic carbocycles. The second-order valence-electron chi connectivity index (χ2n) is 5.61. The van der Waals surface area contributed by atoms with E-state index in [9.17, 15) is 9.59 Å². The molecule has 0 N–H and O–H groups in total. The minimum absolute atomic E-state index is 0.158. The molecule has 0 unspecified atom stereocenters. The smallest absolute Gasteiger partial charge is 0.310 e. The minimum atomic E-state index is -0.675. The zero-order valence-corrected chi connectivity index (χ0v) is 10.2. The number of ether oxygens (including phenoxy) is 1. The Bertz CT molecular complexity index is 381. The first-order valence-electron chi connectivity index (χ1n) is 5.66. The third kappa shape index (κ3) is 1.20. The Morgan fingerprint density at radius 3 is 2.62 bits per heavy atom. The molecule has 0 amide bonds. The molecule has 0 heterocycles. The van der Waals surface area contributed by atoms with Crippen LogP contribution in [0.2, 0.25) is 0 Å². The van der Waals surface area contributed by atoms with Crippen molar-refractivity contribution in [2.24, 2.45) is 22.7 Å². The van der Waals surface area contributed by atoms with Crippen molar-refractivity contribution < 1.29 is 14.3 Å². The van der Waals surface area contributed by atoms with Crippen LogP contribution in [0.5, 0.6) is 0 Å². The molecule has 3 atom stereocenters. The van der Waals surface area contributed by atoms with Gasteiger partial charge < -0.3 is 4.74 Å². The Morgan fingerprint density at radius 2 is 2.06 bits per heavy atom. The number of ketones is 1. The lowest BCUT2D eigenvalue weighted by Crippen LogP contribution is -2.56. The molecular formula is C13H18O3. The van der Waals surface area contributed by atoms with Crippen molar-refractivity contribution in [1.29, 1.82) is 0 Å². The lowest BCUT2D eigenvalue weighted by Gasteiger charge is -2.51. The number of allylic oxidation sites excluding steroid dienone is 2. The summed E-state index contributed by atoms with van der Waals surface area (Å²) in [7, 11) is 1.38. The predicted octanol–water partition coefficient (Wildman–Crippen LogP) is 1.97. The van der Waals surface area contributed by atoms with Crippen molar-refractivity contribution in [1.82, 2.24) is 0 Å². The van der Waals surface area contributed by atoms with Crippen LogP contribution < -0.4 is 0 Å². The van der Waals surface area contributed by atoms with Gasteiger partial charge in [0.1, 0.15) is 5.78 Å². The molecule has 0 spiro atoms. The van der Waals surface area contributed by atoms with Gasteiger partial charge in [0.05, 0.1) is 18.4 Å². The summed E-state index contributed by atoms with van der Waals surface area (Å²) in [6, 6.07) is 0. The number of carbonyl (C=O) groups excluding carboxylic acids is 2. The maximum absolute atomic E-state index is 12.4. The molecule has 0 aromatic carbocycles. The van der Waals surface area contributed by atoms with E-state index >= 15 is 0 Å². The Morgan fingerprint density at radius 1 is 1.44 bits per heavy atom. The van der Waals surface area contributed by atoms with Crippen molar-refractivity contribution in [2.45, 2.75) is 27.2 Å². The van der Waals surface area contributed by atoms with Gasteiger partial charge in [0, 0.05) is 5.41 Å². The molecular weight excluding hydrogens is 204 g/mol. The fourth-order valence-electron chi connectivity index (χ4n) is 3.12. The number of carbonyl (C=O) groups is 2. The zero-order chi connectivity index (χ0) is 12.1. The molecule has 0 saturated heterocycles. The standard InChI is InChI=1S/C13H18O3/c1-12(2)8-5-6-13(3,11(12)15)9(7-8)10(14)16-4/h5-6,8-9H,7H2,1-4H3/t8-,9-,13+/m0/s1. The minimum Gasteiger partial charge on any atom is -0.469 e. The summed E-state index contributed by atoms with van der Waals surface area (Å²) < 4.78 is 4.80. The number of esters is 1. The normalized spacial score (nSPS) is 39.9. The molecule has 16 heavy (non-hydrogen) atoms. The fraction of sp³-hybridized carbons (Fsp3) is 0.692. The molecule has 88 valence electrons. The van der Waals surface area contributed by atoms with Crippen molar-refractivity contribution in [2.75, 3.05) is 7.11 Å². The van der Waals surface area contributed by atoms with Crippen LogP contribution in [0.25, 0.3) is 0 Å². The van der Waals surface area contributed by atoms with E-state index < -0.39 is 5.41 Å². The molecule has 1 fully saturated rings. The molecule has 3 nitrogen and oxygen atoms in total. The summed E-state index contributed by atoms with van der Waals surface area (Å²) in [5.74, 6) is -0.256. The molecule has 0 aliphatic heterocycles. The topological polar surface area (TPSA) is 43.4 Å². The van der Waals surface area contributed by atoms with E-state index in [1.165, 1.54) is 7.11 Å². The highest BCUT2D eigenvalue weighted by Crippen LogP contribution is 2.55. The van der Waals surface area contributed by atoms with Gasteiger partial charge in [-0.15, -0.1) is 0 Å². The van der Waals surface area contributed by atoms with E-state index in [0.29, 0.717) is 0 Å². The van der Waals surface area contributed by atoms with Gasteiger partial charge >= 0.3 is 5.97 Å². The summed E-state index contributed by atoms with van der Waals surface area (Å²) in [4.78, 5) is 24.1. The highest BCUT2D eigenvalue weighted by atomic mass is 16.5. The van der Waals surface area contributed by atoms with Gasteiger partial charge in [0.2, 0.25) is 0 Å². The van der Waals surface area contributed by atoms with Gasteiger partial charge in [-0.05, 0) is 19.3 Å². The maximum atomic E-state index is 12.4. The third-order valence-corrected chi connectivity index (χ3v) is 4.38. The molecule has 3 rings (SSSR count). The summed E-state index contributed by atoms with van der Waals surface area (Å²) in [6.07, 6.45) is 4.70. The van der Waals surface area contributed by atoms with E-state index in [0.717, 1.165) is 6.42 Å². The van der Waals surface area contributed by atoms with E-state index in [-0.39, 0.29) is 29.0 Å². The lowest BCUT2D eigenvalue weighted by atomic mass is 9.50. The summed E-state index contributed by atoms with van der Waals surface area (Å²) >= 11 is 0. The van der Waals surface area contributed by atoms with Crippen molar-refractivity contribution >= 4 is 11.8 Å². The molecule has 3 aliphatic rings. The van der Waals surface area contributed by atoms with Gasteiger partial charge in [-0.3, -0.25) is 9.59 Å². The largest absolute Gasteiger partial charge is 0.469 e. The first-order valence-corrected chi connectivity index (χ1v) is 5.66. The Hall–Kier alpha value is -1.12. The van der Waals surface area contributed by atoms with Crippen LogP contribution in [0.4, 0.5) is 0 Å². The van der Waals surface area contributed by atoms with E-state index in [2.05, 4.69) is 6.08 Å². The predicted molar refractivity (Wildman–Crippen MR) is 59.6 cm³/mol. The van der Waals surface area contributed by atoms with Crippen LogP contribution >= 0.6 is 0 Å². The van der Waals surface area contributed by atoms with Crippen LogP contribution in [0.15, 0.2) is 12.2 Å². The Labute approximate surface area is 95.9 Å². The lowest BCUT2D eigenvalue weighted by molar-refractivity contribution is -0.163. The average Bonchev–Trinajstić information content (AvgIpc) is 2.25. The van der Waals surface area contributed by atoms with E-state index in [4.69, 9.17) is 4.74 Å². The number of rotatable bonds is 1. The second-order valence-corrected chi connectivity index (χ2v) is 5.61. The van der Waals surface area contributed by atoms with Crippen LogP contribution in [0.1, 0.15) is 27.2 Å². The van der Waals surface area contributed by atoms with Gasteiger partial charge in [-0.25, -0.2) is 0 Å². The first-order chi connectivity index (χ1) is 7.34.